The zero-order valence-corrected chi connectivity index (χ0v) is 7.54. The summed E-state index contributed by atoms with van der Waals surface area (Å²) >= 11 is 0. The summed E-state index contributed by atoms with van der Waals surface area (Å²) in [5, 5.41) is 2.22. The molecule has 66 valence electrons. The van der Waals surface area contributed by atoms with E-state index in [4.69, 9.17) is 11.5 Å². The van der Waals surface area contributed by atoms with Crippen LogP contribution in [0.25, 0.3) is 10.8 Å². The Labute approximate surface area is 77.2 Å². The number of rotatable bonds is 0. The zero-order chi connectivity index (χ0) is 9.42. The van der Waals surface area contributed by atoms with E-state index in [1.807, 2.05) is 37.3 Å². The number of benzene rings is 2. The third-order valence-electron chi connectivity index (χ3n) is 2.39. The number of hydrogen-bond acceptors (Lipinski definition) is 2. The van der Waals surface area contributed by atoms with Gasteiger partial charge in [-0.15, -0.1) is 0 Å². The molecular weight excluding hydrogens is 160 g/mol. The fourth-order valence-corrected chi connectivity index (χ4v) is 1.57. The summed E-state index contributed by atoms with van der Waals surface area (Å²) in [6, 6.07) is 9.84. The number of nitrogen functional groups attached to an aromatic ring is 2. The van der Waals surface area contributed by atoms with Gasteiger partial charge < -0.3 is 11.5 Å². The van der Waals surface area contributed by atoms with E-state index >= 15 is 0 Å². The van der Waals surface area contributed by atoms with Crippen LogP contribution in [-0.2, 0) is 0 Å². The largest absolute Gasteiger partial charge is 0.398 e. The van der Waals surface area contributed by atoms with Crippen LogP contribution in [0.3, 0.4) is 0 Å². The monoisotopic (exact) mass is 172 g/mol. The van der Waals surface area contributed by atoms with Gasteiger partial charge in [0.2, 0.25) is 0 Å². The molecule has 2 nitrogen and oxygen atoms in total. The third kappa shape index (κ3) is 1.11. The molecule has 0 saturated carbocycles. The Morgan fingerprint density at radius 3 is 2.23 bits per heavy atom. The summed E-state index contributed by atoms with van der Waals surface area (Å²) < 4.78 is 0. The lowest BCUT2D eigenvalue weighted by Crippen LogP contribution is -1.95. The molecule has 0 aliphatic heterocycles. The second kappa shape index (κ2) is 2.66. The normalized spacial score (nSPS) is 10.5. The van der Waals surface area contributed by atoms with Gasteiger partial charge >= 0.3 is 0 Å². The van der Waals surface area contributed by atoms with Gasteiger partial charge in [-0.3, -0.25) is 0 Å². The van der Waals surface area contributed by atoms with Crippen LogP contribution in [0, 0.1) is 6.92 Å². The van der Waals surface area contributed by atoms with E-state index in [0.717, 1.165) is 27.7 Å². The molecule has 2 aromatic rings. The number of nitrogens with two attached hydrogens (primary N) is 2. The standard InChI is InChI=1S/C11H12N2/c1-7-8-4-2-3-5-9(8)11(13)6-10(7)12/h2-6H,12-13H2,1H3. The van der Waals surface area contributed by atoms with E-state index in [2.05, 4.69) is 0 Å². The first-order valence-corrected chi connectivity index (χ1v) is 4.23. The number of aryl methyl sites for hydroxylation is 1. The van der Waals surface area contributed by atoms with Crippen LogP contribution in [0.5, 0.6) is 0 Å². The minimum atomic E-state index is 0.749. The molecule has 0 unspecified atom stereocenters. The smallest absolute Gasteiger partial charge is 0.0414 e. The van der Waals surface area contributed by atoms with Crippen LogP contribution in [0.1, 0.15) is 5.56 Å². The summed E-state index contributed by atoms with van der Waals surface area (Å²) in [4.78, 5) is 0. The van der Waals surface area contributed by atoms with Gasteiger partial charge in [0.1, 0.15) is 0 Å². The second-order valence-corrected chi connectivity index (χ2v) is 3.23. The highest BCUT2D eigenvalue weighted by Crippen LogP contribution is 2.28. The second-order valence-electron chi connectivity index (χ2n) is 3.23. The first-order chi connectivity index (χ1) is 6.20. The summed E-state index contributed by atoms with van der Waals surface area (Å²) in [5.41, 5.74) is 14.3. The van der Waals surface area contributed by atoms with Crippen molar-refractivity contribution in [2.24, 2.45) is 0 Å². The van der Waals surface area contributed by atoms with E-state index in [-0.39, 0.29) is 0 Å². The Balaban J connectivity index is 2.97. The van der Waals surface area contributed by atoms with Crippen molar-refractivity contribution < 1.29 is 0 Å². The van der Waals surface area contributed by atoms with E-state index in [1.165, 1.54) is 0 Å². The average molecular weight is 172 g/mol. The fourth-order valence-electron chi connectivity index (χ4n) is 1.57. The van der Waals surface area contributed by atoms with Crippen LogP contribution in [-0.4, -0.2) is 0 Å². The predicted octanol–water partition coefficient (Wildman–Crippen LogP) is 2.31. The molecule has 0 heterocycles. The van der Waals surface area contributed by atoms with Crippen molar-refractivity contribution >= 4 is 22.1 Å². The molecule has 0 aromatic heterocycles. The van der Waals surface area contributed by atoms with Crippen LogP contribution in [0.15, 0.2) is 30.3 Å². The van der Waals surface area contributed by atoms with E-state index < -0.39 is 0 Å². The van der Waals surface area contributed by atoms with E-state index in [9.17, 15) is 0 Å². The summed E-state index contributed by atoms with van der Waals surface area (Å²) in [6.07, 6.45) is 0. The Morgan fingerprint density at radius 1 is 0.923 bits per heavy atom. The summed E-state index contributed by atoms with van der Waals surface area (Å²) in [6.45, 7) is 2.01. The minimum absolute atomic E-state index is 0.749. The first-order valence-electron chi connectivity index (χ1n) is 4.23. The van der Waals surface area contributed by atoms with Crippen molar-refractivity contribution in [3.8, 4) is 0 Å². The molecule has 0 spiro atoms. The molecule has 0 aliphatic carbocycles. The van der Waals surface area contributed by atoms with Crippen LogP contribution >= 0.6 is 0 Å². The molecule has 0 fully saturated rings. The van der Waals surface area contributed by atoms with Crippen molar-refractivity contribution in [1.29, 1.82) is 0 Å². The summed E-state index contributed by atoms with van der Waals surface area (Å²) in [7, 11) is 0. The van der Waals surface area contributed by atoms with Gasteiger partial charge in [0.15, 0.2) is 0 Å². The topological polar surface area (TPSA) is 52.0 Å². The Morgan fingerprint density at radius 2 is 1.54 bits per heavy atom. The lowest BCUT2D eigenvalue weighted by Gasteiger charge is -2.07. The predicted molar refractivity (Wildman–Crippen MR) is 57.5 cm³/mol. The highest BCUT2D eigenvalue weighted by molar-refractivity contribution is 5.98. The van der Waals surface area contributed by atoms with Crippen molar-refractivity contribution in [1.82, 2.24) is 0 Å². The zero-order valence-electron chi connectivity index (χ0n) is 7.54. The molecule has 0 bridgehead atoms. The molecule has 0 radical (unpaired) electrons. The number of fused-ring (bicyclic) bond motifs is 1. The maximum Gasteiger partial charge on any atom is 0.0414 e. The first kappa shape index (κ1) is 7.92. The van der Waals surface area contributed by atoms with Crippen molar-refractivity contribution in [3.63, 3.8) is 0 Å². The SMILES string of the molecule is Cc1c(N)cc(N)c2ccccc12. The fraction of sp³-hybridized carbons (Fsp3) is 0.0909. The molecule has 13 heavy (non-hydrogen) atoms. The van der Waals surface area contributed by atoms with Crippen molar-refractivity contribution in [3.05, 3.63) is 35.9 Å². The van der Waals surface area contributed by atoms with Crippen LogP contribution in [0.4, 0.5) is 11.4 Å². The van der Waals surface area contributed by atoms with E-state index in [0.29, 0.717) is 0 Å². The van der Waals surface area contributed by atoms with E-state index in [1.54, 1.807) is 0 Å². The van der Waals surface area contributed by atoms with Crippen molar-refractivity contribution in [2.45, 2.75) is 6.92 Å². The third-order valence-corrected chi connectivity index (χ3v) is 2.39. The molecule has 4 N–H and O–H groups in total. The number of anilines is 2. The van der Waals surface area contributed by atoms with Crippen molar-refractivity contribution in [2.75, 3.05) is 11.5 Å². The van der Waals surface area contributed by atoms with Gasteiger partial charge in [0, 0.05) is 16.8 Å². The Bertz CT molecular complexity index is 461. The maximum atomic E-state index is 5.85. The Kier molecular flexibility index (Phi) is 1.62. The van der Waals surface area contributed by atoms with Gasteiger partial charge in [-0.25, -0.2) is 0 Å². The highest BCUT2D eigenvalue weighted by Gasteiger charge is 2.03. The van der Waals surface area contributed by atoms with Gasteiger partial charge in [0.05, 0.1) is 0 Å². The Hall–Kier alpha value is -1.70. The maximum absolute atomic E-state index is 5.85. The molecular formula is C11H12N2. The lowest BCUT2D eigenvalue weighted by molar-refractivity contribution is 1.52. The van der Waals surface area contributed by atoms with Crippen LogP contribution < -0.4 is 11.5 Å². The molecule has 2 aromatic carbocycles. The molecule has 2 rings (SSSR count). The molecule has 0 saturated heterocycles. The average Bonchev–Trinajstić information content (AvgIpc) is 2.15. The molecule has 0 atom stereocenters. The van der Waals surface area contributed by atoms with Gasteiger partial charge in [-0.2, -0.15) is 0 Å². The quantitative estimate of drug-likeness (QED) is 0.599. The van der Waals surface area contributed by atoms with Gasteiger partial charge in [-0.05, 0) is 23.9 Å². The van der Waals surface area contributed by atoms with Crippen LogP contribution in [0.2, 0.25) is 0 Å². The highest BCUT2D eigenvalue weighted by atomic mass is 14.6. The number of hydrogen-bond donors (Lipinski definition) is 2. The summed E-state index contributed by atoms with van der Waals surface area (Å²) in [5.74, 6) is 0. The van der Waals surface area contributed by atoms with Gasteiger partial charge in [0.25, 0.3) is 0 Å². The lowest BCUT2D eigenvalue weighted by atomic mass is 10.0. The van der Waals surface area contributed by atoms with Gasteiger partial charge in [-0.1, -0.05) is 24.3 Å². The molecule has 0 amide bonds. The minimum Gasteiger partial charge on any atom is -0.398 e. The molecule has 0 aliphatic rings. The molecule has 2 heteroatoms.